The number of rotatable bonds is 2. The molecule has 3 heteroatoms. The second-order valence-corrected chi connectivity index (χ2v) is 8.15. The van der Waals surface area contributed by atoms with Crippen LogP contribution in [0, 0.1) is 11.3 Å². The Morgan fingerprint density at radius 2 is 2.14 bits per heavy atom. The van der Waals surface area contributed by atoms with Gasteiger partial charge in [-0.3, -0.25) is 4.79 Å². The van der Waals surface area contributed by atoms with Crippen LogP contribution >= 0.6 is 15.9 Å². The first kappa shape index (κ1) is 15.1. The standard InChI is InChI=1S/C18H24BrNO/c1-18(2)9-4-3-5-15(18)16(19)13-7-6-12-8-10-20-17(21)14(12)11-13/h6-7,11,15-16H,3-5,8-10H2,1-2H3,(H,20,21). The quantitative estimate of drug-likeness (QED) is 0.775. The van der Waals surface area contributed by atoms with E-state index >= 15 is 0 Å². The predicted octanol–water partition coefficient (Wildman–Crippen LogP) is 4.62. The summed E-state index contributed by atoms with van der Waals surface area (Å²) in [5.74, 6) is 0.719. The van der Waals surface area contributed by atoms with Crippen LogP contribution < -0.4 is 5.32 Å². The first-order chi connectivity index (χ1) is 9.99. The molecule has 1 N–H and O–H groups in total. The molecule has 2 aliphatic rings. The summed E-state index contributed by atoms with van der Waals surface area (Å²) in [5, 5.41) is 2.95. The topological polar surface area (TPSA) is 29.1 Å². The number of carbonyl (C=O) groups is 1. The predicted molar refractivity (Wildman–Crippen MR) is 89.9 cm³/mol. The molecule has 0 bridgehead atoms. The maximum atomic E-state index is 12.0. The van der Waals surface area contributed by atoms with Gasteiger partial charge in [0.15, 0.2) is 0 Å². The minimum atomic E-state index is 0.0840. The normalized spacial score (nSPS) is 25.9. The Balaban J connectivity index is 1.89. The number of hydrogen-bond donors (Lipinski definition) is 1. The molecule has 1 aromatic rings. The van der Waals surface area contributed by atoms with E-state index in [9.17, 15) is 4.79 Å². The van der Waals surface area contributed by atoms with E-state index < -0.39 is 0 Å². The molecule has 114 valence electrons. The Morgan fingerprint density at radius 1 is 1.33 bits per heavy atom. The molecule has 2 unspecified atom stereocenters. The summed E-state index contributed by atoms with van der Waals surface area (Å²) < 4.78 is 0. The van der Waals surface area contributed by atoms with Crippen molar-refractivity contribution < 1.29 is 4.79 Å². The van der Waals surface area contributed by atoms with Crippen molar-refractivity contribution in [1.82, 2.24) is 5.32 Å². The summed E-state index contributed by atoms with van der Waals surface area (Å²) in [4.78, 5) is 12.4. The molecule has 1 saturated carbocycles. The van der Waals surface area contributed by atoms with Gasteiger partial charge in [0.1, 0.15) is 0 Å². The molecule has 1 aliphatic carbocycles. The zero-order chi connectivity index (χ0) is 15.0. The number of fused-ring (bicyclic) bond motifs is 1. The van der Waals surface area contributed by atoms with Crippen molar-refractivity contribution in [2.24, 2.45) is 11.3 Å². The van der Waals surface area contributed by atoms with Crippen LogP contribution in [0.2, 0.25) is 0 Å². The van der Waals surface area contributed by atoms with Gasteiger partial charge in [-0.1, -0.05) is 54.8 Å². The van der Waals surface area contributed by atoms with Gasteiger partial charge in [-0.25, -0.2) is 0 Å². The van der Waals surface area contributed by atoms with E-state index in [1.807, 2.05) is 0 Å². The minimum absolute atomic E-state index is 0.0840. The fourth-order valence-corrected chi connectivity index (χ4v) is 5.16. The average Bonchev–Trinajstić information content (AvgIpc) is 2.46. The summed E-state index contributed by atoms with van der Waals surface area (Å²) in [6.07, 6.45) is 6.18. The molecule has 1 aliphatic heterocycles. The van der Waals surface area contributed by atoms with Crippen molar-refractivity contribution in [1.29, 1.82) is 0 Å². The highest BCUT2D eigenvalue weighted by Gasteiger charge is 2.37. The Hall–Kier alpha value is -0.830. The second kappa shape index (κ2) is 5.75. The van der Waals surface area contributed by atoms with Crippen molar-refractivity contribution in [3.63, 3.8) is 0 Å². The van der Waals surface area contributed by atoms with Gasteiger partial charge in [-0.05, 0) is 47.8 Å². The van der Waals surface area contributed by atoms with Crippen LogP contribution in [-0.2, 0) is 6.42 Å². The largest absolute Gasteiger partial charge is 0.352 e. The van der Waals surface area contributed by atoms with E-state index in [2.05, 4.69) is 53.3 Å². The summed E-state index contributed by atoms with van der Waals surface area (Å²) in [7, 11) is 0. The van der Waals surface area contributed by atoms with E-state index in [-0.39, 0.29) is 5.91 Å². The molecule has 0 radical (unpaired) electrons. The lowest BCUT2D eigenvalue weighted by atomic mass is 9.66. The summed E-state index contributed by atoms with van der Waals surface area (Å²) in [6, 6.07) is 6.46. The van der Waals surface area contributed by atoms with Crippen LogP contribution in [-0.4, -0.2) is 12.5 Å². The van der Waals surface area contributed by atoms with E-state index in [4.69, 9.17) is 0 Å². The zero-order valence-electron chi connectivity index (χ0n) is 12.9. The summed E-state index contributed by atoms with van der Waals surface area (Å²) >= 11 is 3.94. The first-order valence-corrected chi connectivity index (χ1v) is 8.96. The van der Waals surface area contributed by atoms with Gasteiger partial charge in [0.25, 0.3) is 5.91 Å². The molecule has 0 aromatic heterocycles. The number of amides is 1. The van der Waals surface area contributed by atoms with E-state index in [1.165, 1.54) is 36.8 Å². The van der Waals surface area contributed by atoms with E-state index in [0.717, 1.165) is 18.5 Å². The van der Waals surface area contributed by atoms with Crippen molar-refractivity contribution in [2.75, 3.05) is 6.54 Å². The van der Waals surface area contributed by atoms with Gasteiger partial charge >= 0.3 is 0 Å². The highest BCUT2D eigenvalue weighted by Crippen LogP contribution is 2.50. The molecule has 1 heterocycles. The number of benzene rings is 1. The summed E-state index contributed by atoms with van der Waals surface area (Å²) in [5.41, 5.74) is 3.68. The lowest BCUT2D eigenvalue weighted by Crippen LogP contribution is -2.33. The fourth-order valence-electron chi connectivity index (χ4n) is 3.90. The minimum Gasteiger partial charge on any atom is -0.352 e. The maximum Gasteiger partial charge on any atom is 0.251 e. The van der Waals surface area contributed by atoms with Gasteiger partial charge in [-0.15, -0.1) is 0 Å². The third kappa shape index (κ3) is 2.90. The molecule has 0 saturated heterocycles. The Labute approximate surface area is 135 Å². The monoisotopic (exact) mass is 349 g/mol. The van der Waals surface area contributed by atoms with Crippen molar-refractivity contribution in [3.05, 3.63) is 34.9 Å². The Morgan fingerprint density at radius 3 is 2.90 bits per heavy atom. The number of carbonyl (C=O) groups excluding carboxylic acids is 1. The Kier molecular flexibility index (Phi) is 4.13. The average molecular weight is 350 g/mol. The lowest BCUT2D eigenvalue weighted by molar-refractivity contribution is 0.0945. The molecule has 21 heavy (non-hydrogen) atoms. The van der Waals surface area contributed by atoms with Gasteiger partial charge < -0.3 is 5.32 Å². The lowest BCUT2D eigenvalue weighted by Gasteiger charge is -2.41. The van der Waals surface area contributed by atoms with Crippen LogP contribution in [0.1, 0.15) is 65.8 Å². The fraction of sp³-hybridized carbons (Fsp3) is 0.611. The van der Waals surface area contributed by atoms with Gasteiger partial charge in [-0.2, -0.15) is 0 Å². The molecular weight excluding hydrogens is 326 g/mol. The number of halogens is 1. The number of nitrogens with one attached hydrogen (secondary N) is 1. The molecule has 2 nitrogen and oxygen atoms in total. The maximum absolute atomic E-state index is 12.0. The Bertz CT molecular complexity index is 552. The SMILES string of the molecule is CC1(C)CCCCC1C(Br)c1ccc2c(c1)C(=O)NCC2. The molecule has 0 spiro atoms. The van der Waals surface area contributed by atoms with Gasteiger partial charge in [0.05, 0.1) is 0 Å². The first-order valence-electron chi connectivity index (χ1n) is 8.04. The number of alkyl halides is 1. The highest BCUT2D eigenvalue weighted by molar-refractivity contribution is 9.09. The van der Waals surface area contributed by atoms with Crippen LogP contribution in [0.25, 0.3) is 0 Å². The molecule has 1 aromatic carbocycles. The van der Waals surface area contributed by atoms with E-state index in [1.54, 1.807) is 0 Å². The number of hydrogen-bond acceptors (Lipinski definition) is 1. The molecule has 1 fully saturated rings. The van der Waals surface area contributed by atoms with Crippen molar-refractivity contribution >= 4 is 21.8 Å². The van der Waals surface area contributed by atoms with Crippen LogP contribution in [0.3, 0.4) is 0 Å². The van der Waals surface area contributed by atoms with E-state index in [0.29, 0.717) is 16.2 Å². The third-order valence-electron chi connectivity index (χ3n) is 5.32. The molecule has 2 atom stereocenters. The highest BCUT2D eigenvalue weighted by atomic mass is 79.9. The van der Waals surface area contributed by atoms with Crippen molar-refractivity contribution in [2.45, 2.75) is 50.8 Å². The molecule has 3 rings (SSSR count). The smallest absolute Gasteiger partial charge is 0.251 e. The van der Waals surface area contributed by atoms with Gasteiger partial charge in [0, 0.05) is 16.9 Å². The van der Waals surface area contributed by atoms with Crippen molar-refractivity contribution in [3.8, 4) is 0 Å². The summed E-state index contributed by atoms with van der Waals surface area (Å²) in [6.45, 7) is 5.53. The molecular formula is C18H24BrNO. The van der Waals surface area contributed by atoms with Crippen LogP contribution in [0.4, 0.5) is 0 Å². The zero-order valence-corrected chi connectivity index (χ0v) is 14.5. The second-order valence-electron chi connectivity index (χ2n) is 7.17. The third-order valence-corrected chi connectivity index (χ3v) is 6.49. The molecule has 1 amide bonds. The van der Waals surface area contributed by atoms with Crippen LogP contribution in [0.15, 0.2) is 18.2 Å². The van der Waals surface area contributed by atoms with Gasteiger partial charge in [0.2, 0.25) is 0 Å². The van der Waals surface area contributed by atoms with Crippen LogP contribution in [0.5, 0.6) is 0 Å².